The van der Waals surface area contributed by atoms with E-state index in [4.69, 9.17) is 17.3 Å². The number of aryl methyl sites for hydroxylation is 1. The smallest absolute Gasteiger partial charge is 0.175 e. The molecule has 0 spiro atoms. The fraction of sp³-hybridized carbons (Fsp3) is 0.500. The summed E-state index contributed by atoms with van der Waals surface area (Å²) in [5.74, 6) is 0.854. The van der Waals surface area contributed by atoms with Crippen molar-refractivity contribution in [2.75, 3.05) is 5.73 Å². The van der Waals surface area contributed by atoms with E-state index in [0.29, 0.717) is 16.7 Å². The highest BCUT2D eigenvalue weighted by Crippen LogP contribution is 2.23. The maximum atomic E-state index is 9.26. The van der Waals surface area contributed by atoms with E-state index < -0.39 is 0 Å². The van der Waals surface area contributed by atoms with E-state index in [1.165, 1.54) is 43.2 Å². The van der Waals surface area contributed by atoms with Crippen molar-refractivity contribution in [1.82, 2.24) is 14.8 Å². The fourth-order valence-electron chi connectivity index (χ4n) is 2.69. The highest BCUT2D eigenvalue weighted by molar-refractivity contribution is 6.31. The number of halogens is 1. The van der Waals surface area contributed by atoms with Gasteiger partial charge < -0.3 is 5.73 Å². The third-order valence-electron chi connectivity index (χ3n) is 4.02. The van der Waals surface area contributed by atoms with Crippen LogP contribution in [0.4, 0.5) is 5.82 Å². The summed E-state index contributed by atoms with van der Waals surface area (Å²) in [4.78, 5) is 4.21. The summed E-state index contributed by atoms with van der Waals surface area (Å²) in [7, 11) is 0. The molecule has 2 N–H and O–H groups in total. The molecule has 128 valence electrons. The number of nitrogens with two attached hydrogens (primary N) is 1. The van der Waals surface area contributed by atoms with Gasteiger partial charge in [0.05, 0.1) is 10.7 Å². The Morgan fingerprint density at radius 3 is 2.62 bits per heavy atom. The fourth-order valence-corrected chi connectivity index (χ4v) is 2.88. The molecule has 6 heteroatoms. The molecule has 0 fully saturated rings. The molecular weight excluding hydrogens is 322 g/mol. The Labute approximate surface area is 148 Å². The summed E-state index contributed by atoms with van der Waals surface area (Å²) in [6.45, 7) is 2.23. The maximum absolute atomic E-state index is 9.26. The van der Waals surface area contributed by atoms with Gasteiger partial charge in [-0.2, -0.15) is 15.0 Å². The molecule has 0 aliphatic heterocycles. The third kappa shape index (κ3) is 4.72. The number of pyridine rings is 1. The Morgan fingerprint density at radius 2 is 1.92 bits per heavy atom. The summed E-state index contributed by atoms with van der Waals surface area (Å²) in [5.41, 5.74) is 7.25. The van der Waals surface area contributed by atoms with Gasteiger partial charge in [0, 0.05) is 12.3 Å². The Hall–Kier alpha value is -2.06. The molecule has 0 aliphatic carbocycles. The number of hydrogen-bond donors (Lipinski definition) is 1. The molecule has 0 unspecified atom stereocenters. The van der Waals surface area contributed by atoms with Gasteiger partial charge in [-0.05, 0) is 18.9 Å². The molecule has 0 atom stereocenters. The lowest BCUT2D eigenvalue weighted by Crippen LogP contribution is -2.06. The van der Waals surface area contributed by atoms with E-state index in [9.17, 15) is 5.26 Å². The number of anilines is 1. The quantitative estimate of drug-likeness (QED) is 0.670. The minimum Gasteiger partial charge on any atom is -0.384 e. The van der Waals surface area contributed by atoms with Crippen LogP contribution in [-0.2, 0) is 6.42 Å². The van der Waals surface area contributed by atoms with Crippen LogP contribution in [0.1, 0.15) is 63.1 Å². The lowest BCUT2D eigenvalue weighted by atomic mass is 10.1. The molecule has 0 saturated heterocycles. The molecular formula is C18H24ClN5. The summed E-state index contributed by atoms with van der Waals surface area (Å²) in [5, 5.41) is 14.1. The van der Waals surface area contributed by atoms with Crippen molar-refractivity contribution in [2.45, 2.75) is 58.3 Å². The molecule has 2 heterocycles. The predicted octanol–water partition coefficient (Wildman–Crippen LogP) is 4.67. The average molecular weight is 346 g/mol. The summed E-state index contributed by atoms with van der Waals surface area (Å²) < 4.78 is 1.50. The van der Waals surface area contributed by atoms with E-state index in [0.717, 1.165) is 18.5 Å². The highest BCUT2D eigenvalue weighted by Gasteiger charge is 2.14. The van der Waals surface area contributed by atoms with Gasteiger partial charge >= 0.3 is 0 Å². The van der Waals surface area contributed by atoms with Crippen molar-refractivity contribution in [3.05, 3.63) is 34.6 Å². The zero-order valence-electron chi connectivity index (χ0n) is 14.1. The lowest BCUT2D eigenvalue weighted by Gasteiger charge is -2.05. The molecule has 0 amide bonds. The standard InChI is InChI=1S/C18H24ClN5/c1-2-3-4-5-6-7-8-9-14-12-17(21)24(23-14)18-15(13-20)16(19)10-11-22-18/h10-12H,2-9,21H2,1H3. The van der Waals surface area contributed by atoms with E-state index in [-0.39, 0.29) is 5.56 Å². The van der Waals surface area contributed by atoms with E-state index in [2.05, 4.69) is 23.1 Å². The summed E-state index contributed by atoms with van der Waals surface area (Å²) in [6, 6.07) is 5.50. The van der Waals surface area contributed by atoms with Gasteiger partial charge in [0.25, 0.3) is 0 Å². The van der Waals surface area contributed by atoms with Gasteiger partial charge in [-0.3, -0.25) is 0 Å². The van der Waals surface area contributed by atoms with Crippen molar-refractivity contribution in [1.29, 1.82) is 5.26 Å². The first-order valence-electron chi connectivity index (χ1n) is 8.56. The van der Waals surface area contributed by atoms with Crippen molar-refractivity contribution < 1.29 is 0 Å². The molecule has 5 nitrogen and oxygen atoms in total. The molecule has 0 aromatic carbocycles. The monoisotopic (exact) mass is 345 g/mol. The first-order chi connectivity index (χ1) is 11.7. The van der Waals surface area contributed by atoms with Crippen LogP contribution in [-0.4, -0.2) is 14.8 Å². The number of rotatable bonds is 9. The second-order valence-corrected chi connectivity index (χ2v) is 6.35. The topological polar surface area (TPSA) is 80.5 Å². The van der Waals surface area contributed by atoms with E-state index in [1.54, 1.807) is 12.3 Å². The van der Waals surface area contributed by atoms with Gasteiger partial charge in [-0.25, -0.2) is 4.98 Å². The van der Waals surface area contributed by atoms with Crippen molar-refractivity contribution in [2.24, 2.45) is 0 Å². The van der Waals surface area contributed by atoms with E-state index in [1.807, 2.05) is 6.07 Å². The molecule has 0 saturated carbocycles. The van der Waals surface area contributed by atoms with E-state index >= 15 is 0 Å². The van der Waals surface area contributed by atoms with Crippen LogP contribution >= 0.6 is 11.6 Å². The van der Waals surface area contributed by atoms with Crippen molar-refractivity contribution >= 4 is 17.4 Å². The Bertz CT molecular complexity index is 702. The Morgan fingerprint density at radius 1 is 1.21 bits per heavy atom. The van der Waals surface area contributed by atoms with Gasteiger partial charge in [-0.1, -0.05) is 57.0 Å². The van der Waals surface area contributed by atoms with Crippen LogP contribution in [0.15, 0.2) is 18.3 Å². The number of unbranched alkanes of at least 4 members (excludes halogenated alkanes) is 6. The molecule has 2 rings (SSSR count). The van der Waals surface area contributed by atoms with Crippen LogP contribution in [0.3, 0.4) is 0 Å². The Balaban J connectivity index is 1.96. The number of aromatic nitrogens is 3. The van der Waals surface area contributed by atoms with Gasteiger partial charge in [0.1, 0.15) is 17.5 Å². The number of nitrogen functional groups attached to an aromatic ring is 1. The largest absolute Gasteiger partial charge is 0.384 e. The number of nitriles is 1. The third-order valence-corrected chi connectivity index (χ3v) is 4.33. The molecule has 0 bridgehead atoms. The summed E-state index contributed by atoms with van der Waals surface area (Å²) >= 11 is 6.05. The van der Waals surface area contributed by atoms with Gasteiger partial charge in [-0.15, -0.1) is 0 Å². The number of nitrogens with zero attached hydrogens (tertiary/aromatic N) is 4. The zero-order chi connectivity index (χ0) is 17.4. The minimum atomic E-state index is 0.288. The van der Waals surface area contributed by atoms with Crippen LogP contribution in [0.5, 0.6) is 0 Å². The second-order valence-electron chi connectivity index (χ2n) is 5.95. The molecule has 0 radical (unpaired) electrons. The lowest BCUT2D eigenvalue weighted by molar-refractivity contribution is 0.586. The second kappa shape index (κ2) is 9.29. The van der Waals surface area contributed by atoms with Crippen molar-refractivity contribution in [3.63, 3.8) is 0 Å². The number of hydrogen-bond acceptors (Lipinski definition) is 4. The SMILES string of the molecule is CCCCCCCCCc1cc(N)n(-c2nccc(Cl)c2C#N)n1. The summed E-state index contributed by atoms with van der Waals surface area (Å²) in [6.07, 6.45) is 11.2. The van der Waals surface area contributed by atoms with Gasteiger partial charge in [0.15, 0.2) is 5.82 Å². The molecule has 24 heavy (non-hydrogen) atoms. The molecule has 0 aliphatic rings. The van der Waals surface area contributed by atoms with Crippen LogP contribution < -0.4 is 5.73 Å². The maximum Gasteiger partial charge on any atom is 0.175 e. The molecule has 2 aromatic rings. The van der Waals surface area contributed by atoms with Gasteiger partial charge in [0.2, 0.25) is 0 Å². The zero-order valence-corrected chi connectivity index (χ0v) is 14.9. The molecule has 2 aromatic heterocycles. The Kier molecular flexibility index (Phi) is 7.07. The first kappa shape index (κ1) is 18.3. The average Bonchev–Trinajstić information content (AvgIpc) is 2.94. The van der Waals surface area contributed by atoms with Crippen LogP contribution in [0.25, 0.3) is 5.82 Å². The van der Waals surface area contributed by atoms with Crippen LogP contribution in [0, 0.1) is 11.3 Å². The minimum absolute atomic E-state index is 0.288. The highest BCUT2D eigenvalue weighted by atomic mass is 35.5. The van der Waals surface area contributed by atoms with Crippen molar-refractivity contribution in [3.8, 4) is 11.9 Å². The first-order valence-corrected chi connectivity index (χ1v) is 8.94. The normalized spacial score (nSPS) is 10.7. The van der Waals surface area contributed by atoms with Crippen LogP contribution in [0.2, 0.25) is 5.02 Å². The predicted molar refractivity (Wildman–Crippen MR) is 97.2 cm³/mol.